The molecule has 5 heteroatoms. The van der Waals surface area contributed by atoms with Crippen molar-refractivity contribution in [2.75, 3.05) is 11.4 Å². The maximum atomic E-state index is 12.8. The molecule has 32 heavy (non-hydrogen) atoms. The van der Waals surface area contributed by atoms with Crippen LogP contribution in [0, 0.1) is 0 Å². The van der Waals surface area contributed by atoms with Crippen molar-refractivity contribution in [2.45, 2.75) is 52.0 Å². The van der Waals surface area contributed by atoms with Gasteiger partial charge in [-0.3, -0.25) is 4.79 Å². The van der Waals surface area contributed by atoms with E-state index in [0.717, 1.165) is 30.6 Å². The van der Waals surface area contributed by atoms with Gasteiger partial charge in [-0.1, -0.05) is 32.0 Å². The summed E-state index contributed by atoms with van der Waals surface area (Å²) in [6, 6.07) is 17.9. The normalized spacial score (nSPS) is 17.4. The Morgan fingerprint density at radius 1 is 1.12 bits per heavy atom. The number of nitrogens with one attached hydrogen (secondary N) is 1. The van der Waals surface area contributed by atoms with E-state index in [2.05, 4.69) is 61.3 Å². The third-order valence-electron chi connectivity index (χ3n) is 6.27. The largest absolute Gasteiger partial charge is 0.366 e. The van der Waals surface area contributed by atoms with Crippen LogP contribution in [0.2, 0.25) is 0 Å². The minimum atomic E-state index is -0.229. The lowest BCUT2D eigenvalue weighted by Crippen LogP contribution is -2.48. The molecular formula is C27H32N4O. The SMILES string of the molecule is CCCN1c2ccc(/C=N\NC(=O)c3ccccc3-n3cccc3)cc2C(C)CC1(C)C. The van der Waals surface area contributed by atoms with Gasteiger partial charge in [0, 0.05) is 30.2 Å². The molecule has 0 aliphatic carbocycles. The van der Waals surface area contributed by atoms with Crippen molar-refractivity contribution in [1.82, 2.24) is 9.99 Å². The number of carbonyl (C=O) groups is 1. The summed E-state index contributed by atoms with van der Waals surface area (Å²) >= 11 is 0. The molecule has 166 valence electrons. The predicted octanol–water partition coefficient (Wildman–Crippen LogP) is 5.74. The molecule has 0 saturated heterocycles. The van der Waals surface area contributed by atoms with Crippen molar-refractivity contribution in [2.24, 2.45) is 5.10 Å². The average molecular weight is 429 g/mol. The number of hydrazone groups is 1. The summed E-state index contributed by atoms with van der Waals surface area (Å²) in [7, 11) is 0. The lowest BCUT2D eigenvalue weighted by atomic mass is 9.79. The molecule has 2 aromatic carbocycles. The number of fused-ring (bicyclic) bond motifs is 1. The fraction of sp³-hybridized carbons (Fsp3) is 0.333. The van der Waals surface area contributed by atoms with Crippen LogP contribution in [0.5, 0.6) is 0 Å². The minimum Gasteiger partial charge on any atom is -0.366 e. The van der Waals surface area contributed by atoms with Gasteiger partial charge < -0.3 is 9.47 Å². The smallest absolute Gasteiger partial charge is 0.273 e. The topological polar surface area (TPSA) is 49.6 Å². The van der Waals surface area contributed by atoms with E-state index in [4.69, 9.17) is 0 Å². The molecule has 2 heterocycles. The van der Waals surface area contributed by atoms with Crippen LogP contribution < -0.4 is 10.3 Å². The van der Waals surface area contributed by atoms with E-state index in [0.29, 0.717) is 11.5 Å². The number of aromatic nitrogens is 1. The fourth-order valence-electron chi connectivity index (χ4n) is 4.85. The molecule has 5 nitrogen and oxygen atoms in total. The van der Waals surface area contributed by atoms with Crippen LogP contribution in [-0.4, -0.2) is 28.8 Å². The van der Waals surface area contributed by atoms with Gasteiger partial charge in [0.15, 0.2) is 0 Å². The number of hydrogen-bond donors (Lipinski definition) is 1. The maximum Gasteiger partial charge on any atom is 0.273 e. The standard InChI is InChI=1S/C27H32N4O/c1-5-14-31-25-13-12-21(17-23(25)20(2)18-27(31,3)4)19-28-29-26(32)22-10-6-7-11-24(22)30-15-8-9-16-30/h6-13,15-17,19-20H,5,14,18H2,1-4H3,(H,29,32)/b28-19-. The summed E-state index contributed by atoms with van der Waals surface area (Å²) in [4.78, 5) is 15.3. The van der Waals surface area contributed by atoms with Crippen LogP contribution in [0.15, 0.2) is 72.1 Å². The highest BCUT2D eigenvalue weighted by molar-refractivity contribution is 5.98. The molecule has 1 unspecified atom stereocenters. The molecule has 4 rings (SSSR count). The number of rotatable bonds is 6. The Bertz CT molecular complexity index is 1110. The molecule has 1 aromatic heterocycles. The first-order valence-electron chi connectivity index (χ1n) is 11.4. The van der Waals surface area contributed by atoms with E-state index in [1.807, 2.05) is 53.4 Å². The van der Waals surface area contributed by atoms with Gasteiger partial charge in [0.25, 0.3) is 5.91 Å². The lowest BCUT2D eigenvalue weighted by molar-refractivity contribution is 0.0955. The van der Waals surface area contributed by atoms with Crippen LogP contribution in [0.4, 0.5) is 5.69 Å². The molecule has 1 amide bonds. The Labute approximate surface area is 190 Å². The first kappa shape index (κ1) is 21.9. The summed E-state index contributed by atoms with van der Waals surface area (Å²) in [5, 5.41) is 4.25. The Morgan fingerprint density at radius 3 is 2.62 bits per heavy atom. The second-order valence-corrected chi connectivity index (χ2v) is 9.19. The van der Waals surface area contributed by atoms with Crippen molar-refractivity contribution in [1.29, 1.82) is 0 Å². The van der Waals surface area contributed by atoms with E-state index in [1.165, 1.54) is 11.3 Å². The van der Waals surface area contributed by atoms with Crippen LogP contribution in [0.3, 0.4) is 0 Å². The van der Waals surface area contributed by atoms with Gasteiger partial charge >= 0.3 is 0 Å². The molecule has 0 saturated carbocycles. The first-order chi connectivity index (χ1) is 15.4. The number of para-hydroxylation sites is 1. The second-order valence-electron chi connectivity index (χ2n) is 9.19. The Morgan fingerprint density at radius 2 is 1.88 bits per heavy atom. The second kappa shape index (κ2) is 9.03. The zero-order chi connectivity index (χ0) is 22.7. The summed E-state index contributed by atoms with van der Waals surface area (Å²) in [6.45, 7) is 10.2. The van der Waals surface area contributed by atoms with Gasteiger partial charge in [-0.2, -0.15) is 5.10 Å². The Balaban J connectivity index is 1.52. The van der Waals surface area contributed by atoms with Crippen molar-refractivity contribution < 1.29 is 4.79 Å². The number of nitrogens with zero attached hydrogens (tertiary/aromatic N) is 3. The molecule has 0 bridgehead atoms. The Kier molecular flexibility index (Phi) is 6.17. The first-order valence-corrected chi connectivity index (χ1v) is 11.4. The predicted molar refractivity (Wildman–Crippen MR) is 132 cm³/mol. The van der Waals surface area contributed by atoms with Crippen LogP contribution >= 0.6 is 0 Å². The number of benzene rings is 2. The third-order valence-corrected chi connectivity index (χ3v) is 6.27. The van der Waals surface area contributed by atoms with Gasteiger partial charge in [-0.25, -0.2) is 5.43 Å². The molecule has 3 aromatic rings. The zero-order valence-corrected chi connectivity index (χ0v) is 19.4. The van der Waals surface area contributed by atoms with E-state index in [1.54, 1.807) is 6.21 Å². The molecular weight excluding hydrogens is 396 g/mol. The number of amides is 1. The van der Waals surface area contributed by atoms with Crippen molar-refractivity contribution >= 4 is 17.8 Å². The fourth-order valence-corrected chi connectivity index (χ4v) is 4.85. The third kappa shape index (κ3) is 4.33. The van der Waals surface area contributed by atoms with Crippen molar-refractivity contribution in [3.63, 3.8) is 0 Å². The van der Waals surface area contributed by atoms with Gasteiger partial charge in [-0.05, 0) is 80.1 Å². The maximum absolute atomic E-state index is 12.8. The number of anilines is 1. The number of hydrogen-bond acceptors (Lipinski definition) is 3. The lowest BCUT2D eigenvalue weighted by Gasteiger charge is -2.47. The van der Waals surface area contributed by atoms with Crippen LogP contribution in [-0.2, 0) is 0 Å². The summed E-state index contributed by atoms with van der Waals surface area (Å²) in [5.41, 5.74) is 7.91. The monoisotopic (exact) mass is 428 g/mol. The Hall–Kier alpha value is -3.34. The highest BCUT2D eigenvalue weighted by Gasteiger charge is 2.35. The molecule has 0 spiro atoms. The van der Waals surface area contributed by atoms with Gasteiger partial charge in [-0.15, -0.1) is 0 Å². The summed E-state index contributed by atoms with van der Waals surface area (Å²) in [6.07, 6.45) is 7.82. The quantitative estimate of drug-likeness (QED) is 0.402. The van der Waals surface area contributed by atoms with Crippen LogP contribution in [0.25, 0.3) is 5.69 Å². The highest BCUT2D eigenvalue weighted by atomic mass is 16.2. The van der Waals surface area contributed by atoms with Gasteiger partial charge in [0.05, 0.1) is 17.5 Å². The van der Waals surface area contributed by atoms with Crippen molar-refractivity contribution in [3.05, 3.63) is 83.7 Å². The van der Waals surface area contributed by atoms with E-state index in [-0.39, 0.29) is 11.4 Å². The van der Waals surface area contributed by atoms with E-state index in [9.17, 15) is 4.79 Å². The molecule has 1 atom stereocenters. The van der Waals surface area contributed by atoms with Crippen molar-refractivity contribution in [3.8, 4) is 5.69 Å². The molecule has 1 aliphatic heterocycles. The summed E-state index contributed by atoms with van der Waals surface area (Å²) in [5.74, 6) is 0.247. The molecule has 1 aliphatic rings. The van der Waals surface area contributed by atoms with E-state index < -0.39 is 0 Å². The molecule has 0 radical (unpaired) electrons. The van der Waals surface area contributed by atoms with Crippen LogP contribution in [0.1, 0.15) is 67.9 Å². The molecule has 1 N–H and O–H groups in total. The average Bonchev–Trinajstić information content (AvgIpc) is 3.31. The summed E-state index contributed by atoms with van der Waals surface area (Å²) < 4.78 is 1.92. The molecule has 0 fully saturated rings. The minimum absolute atomic E-state index is 0.152. The highest BCUT2D eigenvalue weighted by Crippen LogP contribution is 2.43. The number of carbonyl (C=O) groups excluding carboxylic acids is 1. The zero-order valence-electron chi connectivity index (χ0n) is 19.4. The van der Waals surface area contributed by atoms with Gasteiger partial charge in [0.2, 0.25) is 0 Å². The van der Waals surface area contributed by atoms with Gasteiger partial charge in [0.1, 0.15) is 0 Å². The van der Waals surface area contributed by atoms with E-state index >= 15 is 0 Å².